The largest absolute Gasteiger partial charge is 1.00 e. The number of unbranched alkanes of at least 4 members (excludes halogenated alkanes) is 2. The third-order valence-electron chi connectivity index (χ3n) is 4.02. The van der Waals surface area contributed by atoms with Gasteiger partial charge < -0.3 is 13.9 Å². The molecule has 0 aliphatic rings. The quantitative estimate of drug-likeness (QED) is 0.342. The van der Waals surface area contributed by atoms with E-state index >= 15 is 0 Å². The van der Waals surface area contributed by atoms with E-state index in [0.717, 1.165) is 51.4 Å². The van der Waals surface area contributed by atoms with Gasteiger partial charge in [-0.05, 0) is 24.7 Å². The van der Waals surface area contributed by atoms with E-state index in [2.05, 4.69) is 27.7 Å². The summed E-state index contributed by atoms with van der Waals surface area (Å²) >= 11 is 0. The summed E-state index contributed by atoms with van der Waals surface area (Å²) in [5.74, 6) is 0.607. The first-order chi connectivity index (χ1) is 9.99. The Balaban J connectivity index is 0. The first-order valence-electron chi connectivity index (χ1n) is 8.59. The van der Waals surface area contributed by atoms with Crippen LogP contribution in [0, 0.1) is 11.8 Å². The summed E-state index contributed by atoms with van der Waals surface area (Å²) in [6.07, 6.45) is 8.38. The Hall–Kier alpha value is 0.876. The third kappa shape index (κ3) is 13.3. The first-order valence-corrected chi connectivity index (χ1v) is 10.0. The van der Waals surface area contributed by atoms with Gasteiger partial charge in [-0.3, -0.25) is 4.57 Å². The van der Waals surface area contributed by atoms with Crippen molar-refractivity contribution in [3.63, 3.8) is 0 Å². The second-order valence-corrected chi connectivity index (χ2v) is 7.28. The summed E-state index contributed by atoms with van der Waals surface area (Å²) < 4.78 is 21.9. The Morgan fingerprint density at radius 2 is 1.23 bits per heavy atom. The predicted molar refractivity (Wildman–Crippen MR) is 91.9 cm³/mol. The zero-order valence-electron chi connectivity index (χ0n) is 15.0. The Kier molecular flexibility index (Phi) is 17.6. The molecule has 0 spiro atoms. The van der Waals surface area contributed by atoms with E-state index in [-0.39, 0.29) is 36.3 Å². The molecule has 2 atom stereocenters. The summed E-state index contributed by atoms with van der Waals surface area (Å²) in [6, 6.07) is 0. The standard InChI is InChI=1S/C16H35O4P.Mg/c1-5-9-11-15(7-3)13-19-21(17,18)20-14-16(8-4)12-10-6-2;/h15-16H,5-14H2,1-4H3,(H,17,18);/q;+1/p-1. The predicted octanol–water partition coefficient (Wildman–Crippen LogP) is 4.54. The van der Waals surface area contributed by atoms with Gasteiger partial charge in [0.15, 0.2) is 0 Å². The van der Waals surface area contributed by atoms with Crippen LogP contribution in [0.3, 0.4) is 0 Å². The number of phosphoric ester groups is 1. The normalized spacial score (nSPS) is 16.6. The van der Waals surface area contributed by atoms with E-state index in [4.69, 9.17) is 9.05 Å². The molecule has 2 unspecified atom stereocenters. The maximum Gasteiger partial charge on any atom is 1.00 e. The molecule has 0 fully saturated rings. The Bertz CT molecular complexity index is 265. The average molecular weight is 346 g/mol. The van der Waals surface area contributed by atoms with E-state index in [1.54, 1.807) is 0 Å². The van der Waals surface area contributed by atoms with Crippen molar-refractivity contribution in [1.29, 1.82) is 0 Å². The van der Waals surface area contributed by atoms with E-state index in [0.29, 0.717) is 11.8 Å². The Morgan fingerprint density at radius 1 is 0.864 bits per heavy atom. The molecule has 22 heavy (non-hydrogen) atoms. The first kappa shape index (κ1) is 25.1. The molecule has 0 amide bonds. The fraction of sp³-hybridized carbons (Fsp3) is 1.00. The summed E-state index contributed by atoms with van der Waals surface area (Å²) in [4.78, 5) is 11.8. The second kappa shape index (κ2) is 15.4. The maximum absolute atomic E-state index is 11.8. The summed E-state index contributed by atoms with van der Waals surface area (Å²) in [5, 5.41) is 0. The molecule has 6 heteroatoms. The Morgan fingerprint density at radius 3 is 1.50 bits per heavy atom. The molecule has 0 aliphatic heterocycles. The van der Waals surface area contributed by atoms with Crippen LogP contribution in [-0.2, 0) is 13.6 Å². The number of hydrogen-bond acceptors (Lipinski definition) is 4. The summed E-state index contributed by atoms with van der Waals surface area (Å²) in [7, 11) is -4.14. The number of rotatable bonds is 14. The SMILES string of the molecule is CCCCC(CC)COP(=O)([O-])OCC(CC)CCCC.[Mg+]. The second-order valence-electron chi connectivity index (χ2n) is 5.87. The van der Waals surface area contributed by atoms with Crippen LogP contribution in [0.4, 0.5) is 0 Å². The smallest absolute Gasteiger partial charge is 0.756 e. The van der Waals surface area contributed by atoms with Crippen LogP contribution in [0.1, 0.15) is 79.1 Å². The molecule has 0 heterocycles. The van der Waals surface area contributed by atoms with Crippen molar-refractivity contribution in [2.24, 2.45) is 11.8 Å². The maximum atomic E-state index is 11.8. The van der Waals surface area contributed by atoms with Crippen LogP contribution in [-0.4, -0.2) is 36.3 Å². The number of phosphoric acid groups is 1. The fourth-order valence-electron chi connectivity index (χ4n) is 2.23. The van der Waals surface area contributed by atoms with Gasteiger partial charge in [-0.1, -0.05) is 66.2 Å². The van der Waals surface area contributed by atoms with Crippen LogP contribution in [0.2, 0.25) is 0 Å². The van der Waals surface area contributed by atoms with Gasteiger partial charge in [0.1, 0.15) is 0 Å². The minimum Gasteiger partial charge on any atom is -0.756 e. The molecule has 0 rings (SSSR count). The average Bonchev–Trinajstić information content (AvgIpc) is 2.47. The molecule has 0 aliphatic carbocycles. The van der Waals surface area contributed by atoms with E-state index in [1.807, 2.05) is 0 Å². The molecule has 129 valence electrons. The third-order valence-corrected chi connectivity index (χ3v) is 4.95. The zero-order valence-corrected chi connectivity index (χ0v) is 17.3. The molecule has 1 radical (unpaired) electrons. The van der Waals surface area contributed by atoms with Crippen LogP contribution < -0.4 is 4.89 Å². The van der Waals surface area contributed by atoms with Crippen LogP contribution in [0.25, 0.3) is 0 Å². The van der Waals surface area contributed by atoms with Crippen LogP contribution in [0.15, 0.2) is 0 Å². The van der Waals surface area contributed by atoms with Crippen molar-refractivity contribution < 1.29 is 18.5 Å². The van der Waals surface area contributed by atoms with Gasteiger partial charge in [-0.15, -0.1) is 0 Å². The zero-order chi connectivity index (χ0) is 16.1. The molecule has 4 nitrogen and oxygen atoms in total. The molecule has 0 saturated heterocycles. The van der Waals surface area contributed by atoms with E-state index in [1.165, 1.54) is 0 Å². The molecule has 0 bridgehead atoms. The van der Waals surface area contributed by atoms with Gasteiger partial charge in [0.2, 0.25) is 0 Å². The van der Waals surface area contributed by atoms with Crippen LogP contribution in [0.5, 0.6) is 0 Å². The molecule has 0 saturated carbocycles. The Labute approximate surface area is 153 Å². The molecule has 0 aromatic carbocycles. The molecule has 0 aromatic rings. The van der Waals surface area contributed by atoms with E-state index < -0.39 is 7.82 Å². The van der Waals surface area contributed by atoms with Crippen LogP contribution >= 0.6 is 7.82 Å². The van der Waals surface area contributed by atoms with Gasteiger partial charge in [0.05, 0.1) is 13.2 Å². The minimum atomic E-state index is -4.14. The topological polar surface area (TPSA) is 58.6 Å². The molecular formula is C16H34MgO4P. The molecule has 0 aromatic heterocycles. The van der Waals surface area contributed by atoms with Crippen molar-refractivity contribution >= 4 is 30.9 Å². The van der Waals surface area contributed by atoms with Crippen molar-refractivity contribution in [3.8, 4) is 0 Å². The fourth-order valence-corrected chi connectivity index (χ4v) is 3.09. The van der Waals surface area contributed by atoms with Gasteiger partial charge in [-0.25, -0.2) is 0 Å². The number of hydrogen-bond donors (Lipinski definition) is 0. The minimum absolute atomic E-state index is 0. The molecule has 0 N–H and O–H groups in total. The summed E-state index contributed by atoms with van der Waals surface area (Å²) in [5.41, 5.74) is 0. The van der Waals surface area contributed by atoms with Gasteiger partial charge in [-0.2, -0.15) is 0 Å². The van der Waals surface area contributed by atoms with Gasteiger partial charge in [0, 0.05) is 0 Å². The van der Waals surface area contributed by atoms with Crippen molar-refractivity contribution in [3.05, 3.63) is 0 Å². The monoisotopic (exact) mass is 345 g/mol. The molecular weight excluding hydrogens is 311 g/mol. The van der Waals surface area contributed by atoms with Gasteiger partial charge >= 0.3 is 23.1 Å². The van der Waals surface area contributed by atoms with Gasteiger partial charge in [0.25, 0.3) is 7.82 Å². The summed E-state index contributed by atoms with van der Waals surface area (Å²) in [6.45, 7) is 8.91. The van der Waals surface area contributed by atoms with Crippen molar-refractivity contribution in [1.82, 2.24) is 0 Å². The van der Waals surface area contributed by atoms with Crippen molar-refractivity contribution in [2.45, 2.75) is 79.1 Å². The van der Waals surface area contributed by atoms with E-state index in [9.17, 15) is 9.46 Å². The van der Waals surface area contributed by atoms with Crippen molar-refractivity contribution in [2.75, 3.05) is 13.2 Å².